The van der Waals surface area contributed by atoms with E-state index in [2.05, 4.69) is 43.2 Å². The Hall–Kier alpha value is -2.36. The van der Waals surface area contributed by atoms with Gasteiger partial charge in [-0.15, -0.1) is 0 Å². The van der Waals surface area contributed by atoms with Crippen molar-refractivity contribution in [3.05, 3.63) is 53.7 Å². The van der Waals surface area contributed by atoms with Crippen molar-refractivity contribution < 1.29 is 4.79 Å². The molecule has 0 aliphatic carbocycles. The summed E-state index contributed by atoms with van der Waals surface area (Å²) in [7, 11) is 0. The molecule has 1 aliphatic rings. The SMILES string of the molecule is CCC(=O)N1c2ccccc2C(Nc2ccc(C(C)C)cn2)C[C@@H]1C. The molecule has 1 aromatic heterocycles. The highest BCUT2D eigenvalue weighted by molar-refractivity contribution is 5.95. The molecule has 1 aromatic carbocycles. The number of para-hydroxylation sites is 1. The quantitative estimate of drug-likeness (QED) is 0.863. The summed E-state index contributed by atoms with van der Waals surface area (Å²) in [5.41, 5.74) is 3.42. The van der Waals surface area contributed by atoms with Crippen LogP contribution in [0.5, 0.6) is 0 Å². The second-order valence-electron chi connectivity index (χ2n) is 7.09. The number of fused-ring (bicyclic) bond motifs is 1. The van der Waals surface area contributed by atoms with Gasteiger partial charge in [0.15, 0.2) is 0 Å². The first-order chi connectivity index (χ1) is 12.0. The van der Waals surface area contributed by atoms with Crippen molar-refractivity contribution in [3.8, 4) is 0 Å². The van der Waals surface area contributed by atoms with Gasteiger partial charge in [-0.05, 0) is 42.5 Å². The molecular formula is C21H27N3O. The van der Waals surface area contributed by atoms with Gasteiger partial charge in [-0.25, -0.2) is 4.98 Å². The number of hydrogen-bond donors (Lipinski definition) is 1. The highest BCUT2D eigenvalue weighted by atomic mass is 16.2. The standard InChI is InChI=1S/C21H27N3O/c1-5-21(25)24-15(4)12-18(17-8-6-7-9-19(17)24)23-20-11-10-16(13-22-20)14(2)3/h6-11,13-15,18H,5,12H2,1-4H3,(H,22,23)/t15-,18?/m0/s1. The molecule has 0 saturated carbocycles. The van der Waals surface area contributed by atoms with Gasteiger partial charge < -0.3 is 10.2 Å². The van der Waals surface area contributed by atoms with Crippen molar-refractivity contribution in [1.82, 2.24) is 4.98 Å². The molecule has 3 rings (SSSR count). The van der Waals surface area contributed by atoms with Crippen LogP contribution in [0.1, 0.15) is 63.6 Å². The fourth-order valence-electron chi connectivity index (χ4n) is 3.51. The van der Waals surface area contributed by atoms with E-state index < -0.39 is 0 Å². The second kappa shape index (κ2) is 7.26. The maximum absolute atomic E-state index is 12.4. The van der Waals surface area contributed by atoms with E-state index in [-0.39, 0.29) is 18.0 Å². The first kappa shape index (κ1) is 17.5. The highest BCUT2D eigenvalue weighted by Crippen LogP contribution is 2.38. The number of rotatable bonds is 4. The molecule has 4 nitrogen and oxygen atoms in total. The number of carbonyl (C=O) groups excluding carboxylic acids is 1. The molecule has 1 amide bonds. The van der Waals surface area contributed by atoms with Crippen LogP contribution in [0.3, 0.4) is 0 Å². The third-order valence-corrected chi connectivity index (χ3v) is 4.94. The number of aromatic nitrogens is 1. The van der Waals surface area contributed by atoms with Crippen molar-refractivity contribution in [3.63, 3.8) is 0 Å². The van der Waals surface area contributed by atoms with Crippen LogP contribution < -0.4 is 10.2 Å². The average Bonchev–Trinajstić information content (AvgIpc) is 2.62. The van der Waals surface area contributed by atoms with E-state index in [0.717, 1.165) is 23.5 Å². The lowest BCUT2D eigenvalue weighted by atomic mass is 9.91. The second-order valence-corrected chi connectivity index (χ2v) is 7.09. The van der Waals surface area contributed by atoms with Crippen LogP contribution in [0.25, 0.3) is 0 Å². The van der Waals surface area contributed by atoms with Crippen LogP contribution in [0, 0.1) is 0 Å². The van der Waals surface area contributed by atoms with Gasteiger partial charge >= 0.3 is 0 Å². The molecule has 0 saturated heterocycles. The molecule has 2 aromatic rings. The summed E-state index contributed by atoms with van der Waals surface area (Å²) >= 11 is 0. The summed E-state index contributed by atoms with van der Waals surface area (Å²) in [5.74, 6) is 1.54. The van der Waals surface area contributed by atoms with Crippen LogP contribution in [0.4, 0.5) is 11.5 Å². The van der Waals surface area contributed by atoms with E-state index in [1.54, 1.807) is 0 Å². The molecular weight excluding hydrogens is 310 g/mol. The smallest absolute Gasteiger partial charge is 0.226 e. The monoisotopic (exact) mass is 337 g/mol. The Kier molecular flexibility index (Phi) is 5.07. The van der Waals surface area contributed by atoms with E-state index in [1.165, 1.54) is 5.56 Å². The summed E-state index contributed by atoms with van der Waals surface area (Å²) < 4.78 is 0. The van der Waals surface area contributed by atoms with Gasteiger partial charge in [0.1, 0.15) is 5.82 Å². The van der Waals surface area contributed by atoms with E-state index in [4.69, 9.17) is 0 Å². The summed E-state index contributed by atoms with van der Waals surface area (Å²) in [4.78, 5) is 18.9. The number of anilines is 2. The third-order valence-electron chi connectivity index (χ3n) is 4.94. The van der Waals surface area contributed by atoms with Crippen molar-refractivity contribution in [1.29, 1.82) is 0 Å². The lowest BCUT2D eigenvalue weighted by Crippen LogP contribution is -2.44. The van der Waals surface area contributed by atoms with E-state index in [0.29, 0.717) is 12.3 Å². The minimum atomic E-state index is 0.157. The topological polar surface area (TPSA) is 45.2 Å². The number of amides is 1. The molecule has 132 valence electrons. The fourth-order valence-corrected chi connectivity index (χ4v) is 3.51. The first-order valence-electron chi connectivity index (χ1n) is 9.14. The van der Waals surface area contributed by atoms with Crippen LogP contribution in [0.2, 0.25) is 0 Å². The minimum Gasteiger partial charge on any atom is -0.363 e. The normalized spacial score (nSPS) is 19.6. The van der Waals surface area contributed by atoms with Crippen LogP contribution >= 0.6 is 0 Å². The minimum absolute atomic E-state index is 0.157. The number of nitrogens with one attached hydrogen (secondary N) is 1. The summed E-state index contributed by atoms with van der Waals surface area (Å²) in [6.07, 6.45) is 3.34. The predicted molar refractivity (Wildman–Crippen MR) is 103 cm³/mol. The number of pyridine rings is 1. The number of benzene rings is 1. The molecule has 0 spiro atoms. The maximum Gasteiger partial charge on any atom is 0.226 e. The van der Waals surface area contributed by atoms with Crippen molar-refractivity contribution in [2.45, 2.75) is 58.5 Å². The Morgan fingerprint density at radius 3 is 2.68 bits per heavy atom. The molecule has 0 fully saturated rings. The zero-order chi connectivity index (χ0) is 18.0. The Morgan fingerprint density at radius 1 is 1.28 bits per heavy atom. The fraction of sp³-hybridized carbons (Fsp3) is 0.429. The number of nitrogens with zero attached hydrogens (tertiary/aromatic N) is 2. The Bertz CT molecular complexity index is 739. The van der Waals surface area contributed by atoms with Gasteiger partial charge in [-0.1, -0.05) is 45.0 Å². The number of carbonyl (C=O) groups is 1. The molecule has 4 heteroatoms. The molecule has 2 heterocycles. The zero-order valence-electron chi connectivity index (χ0n) is 15.5. The maximum atomic E-state index is 12.4. The van der Waals surface area contributed by atoms with Gasteiger partial charge in [0.05, 0.1) is 6.04 Å². The molecule has 0 radical (unpaired) electrons. The molecule has 0 bridgehead atoms. The molecule has 1 N–H and O–H groups in total. The average molecular weight is 337 g/mol. The van der Waals surface area contributed by atoms with Crippen LogP contribution in [-0.2, 0) is 4.79 Å². The van der Waals surface area contributed by atoms with Crippen LogP contribution in [0.15, 0.2) is 42.6 Å². The largest absolute Gasteiger partial charge is 0.363 e. The van der Waals surface area contributed by atoms with Gasteiger partial charge in [-0.3, -0.25) is 4.79 Å². The highest BCUT2D eigenvalue weighted by Gasteiger charge is 2.32. The van der Waals surface area contributed by atoms with E-state index in [9.17, 15) is 4.79 Å². The van der Waals surface area contributed by atoms with E-state index in [1.807, 2.05) is 42.3 Å². The van der Waals surface area contributed by atoms with E-state index >= 15 is 0 Å². The summed E-state index contributed by atoms with van der Waals surface area (Å²) in [6.45, 7) is 8.38. The molecule has 2 atom stereocenters. The Balaban J connectivity index is 1.88. The van der Waals surface area contributed by atoms with Gasteiger partial charge in [0, 0.05) is 24.3 Å². The van der Waals surface area contributed by atoms with Crippen molar-refractivity contribution >= 4 is 17.4 Å². The molecule has 1 aliphatic heterocycles. The first-order valence-corrected chi connectivity index (χ1v) is 9.14. The lowest BCUT2D eigenvalue weighted by Gasteiger charge is -2.39. The molecule has 1 unspecified atom stereocenters. The lowest BCUT2D eigenvalue weighted by molar-refractivity contribution is -0.118. The third kappa shape index (κ3) is 3.53. The van der Waals surface area contributed by atoms with Crippen molar-refractivity contribution in [2.24, 2.45) is 0 Å². The van der Waals surface area contributed by atoms with Gasteiger partial charge in [0.25, 0.3) is 0 Å². The predicted octanol–water partition coefficient (Wildman–Crippen LogP) is 4.89. The zero-order valence-corrected chi connectivity index (χ0v) is 15.5. The molecule has 25 heavy (non-hydrogen) atoms. The summed E-state index contributed by atoms with van der Waals surface area (Å²) in [6, 6.07) is 12.7. The number of hydrogen-bond acceptors (Lipinski definition) is 3. The Labute approximate surface area is 150 Å². The van der Waals surface area contributed by atoms with Gasteiger partial charge in [-0.2, -0.15) is 0 Å². The Morgan fingerprint density at radius 2 is 2.04 bits per heavy atom. The van der Waals surface area contributed by atoms with Crippen molar-refractivity contribution in [2.75, 3.05) is 10.2 Å². The summed E-state index contributed by atoms with van der Waals surface area (Å²) in [5, 5.41) is 3.56. The van der Waals surface area contributed by atoms with Gasteiger partial charge in [0.2, 0.25) is 5.91 Å². The van der Waals surface area contributed by atoms with Crippen LogP contribution in [-0.4, -0.2) is 16.9 Å².